The maximum Gasteiger partial charge on any atom is 0.296 e. The van der Waals surface area contributed by atoms with Gasteiger partial charge in [-0.3, -0.25) is 4.72 Å². The van der Waals surface area contributed by atoms with E-state index in [1.54, 1.807) is 38.1 Å². The second-order valence-corrected chi connectivity index (χ2v) is 5.26. The van der Waals surface area contributed by atoms with E-state index in [1.807, 2.05) is 0 Å². The average molecular weight is 239 g/mol. The average Bonchev–Trinajstić information content (AvgIpc) is 2.16. The van der Waals surface area contributed by atoms with Gasteiger partial charge in [0.25, 0.3) is 10.2 Å². The van der Waals surface area contributed by atoms with Gasteiger partial charge in [-0.1, -0.05) is 12.1 Å². The molecule has 0 saturated heterocycles. The maximum absolute atomic E-state index is 10.8. The molecular weight excluding hydrogens is 226 g/mol. The largest absolute Gasteiger partial charge is 0.296 e. The first kappa shape index (κ1) is 12.5. The first-order valence-electron chi connectivity index (χ1n) is 4.57. The lowest BCUT2D eigenvalue weighted by atomic mass is 9.86. The van der Waals surface area contributed by atoms with Crippen LogP contribution in [-0.2, 0) is 15.6 Å². The lowest BCUT2D eigenvalue weighted by Crippen LogP contribution is -2.21. The Morgan fingerprint density at radius 1 is 1.31 bits per heavy atom. The van der Waals surface area contributed by atoms with Gasteiger partial charge in [-0.05, 0) is 31.5 Å². The van der Waals surface area contributed by atoms with Crippen molar-refractivity contribution in [3.05, 3.63) is 29.8 Å². The fraction of sp³-hybridized carbons (Fsp3) is 0.300. The van der Waals surface area contributed by atoms with Crippen molar-refractivity contribution < 1.29 is 8.42 Å². The summed E-state index contributed by atoms with van der Waals surface area (Å²) in [6.07, 6.45) is 0. The molecule has 0 heterocycles. The lowest BCUT2D eigenvalue weighted by Gasteiger charge is -2.15. The van der Waals surface area contributed by atoms with Crippen LogP contribution in [0, 0.1) is 11.3 Å². The topological polar surface area (TPSA) is 96.0 Å². The Kier molecular flexibility index (Phi) is 3.21. The molecule has 0 aromatic heterocycles. The number of rotatable bonds is 3. The highest BCUT2D eigenvalue weighted by molar-refractivity contribution is 7.90. The monoisotopic (exact) mass is 239 g/mol. The van der Waals surface area contributed by atoms with E-state index in [4.69, 9.17) is 10.4 Å². The van der Waals surface area contributed by atoms with Crippen LogP contribution < -0.4 is 9.86 Å². The standard InChI is InChI=1S/C10H13N3O2S/c1-10(2,7-11)8-3-5-9(6-4-8)13-16(12,14)15/h3-6,13H,1-2H3,(H2,12,14,15). The van der Waals surface area contributed by atoms with Crippen molar-refractivity contribution in [2.75, 3.05) is 4.72 Å². The number of nitriles is 1. The van der Waals surface area contributed by atoms with E-state index in [9.17, 15) is 8.42 Å². The summed E-state index contributed by atoms with van der Waals surface area (Å²) in [6, 6.07) is 8.68. The highest BCUT2D eigenvalue weighted by atomic mass is 32.2. The van der Waals surface area contributed by atoms with Gasteiger partial charge in [0.2, 0.25) is 0 Å². The minimum atomic E-state index is -3.75. The van der Waals surface area contributed by atoms with E-state index < -0.39 is 15.6 Å². The zero-order chi connectivity index (χ0) is 12.4. The molecule has 6 heteroatoms. The van der Waals surface area contributed by atoms with Gasteiger partial charge in [0, 0.05) is 5.69 Å². The SMILES string of the molecule is CC(C)(C#N)c1ccc(NS(N)(=O)=O)cc1. The van der Waals surface area contributed by atoms with E-state index in [1.165, 1.54) is 0 Å². The van der Waals surface area contributed by atoms with Crippen molar-refractivity contribution in [1.29, 1.82) is 5.26 Å². The highest BCUT2D eigenvalue weighted by Gasteiger charge is 2.19. The normalized spacial score (nSPS) is 11.9. The molecule has 16 heavy (non-hydrogen) atoms. The molecule has 1 aromatic carbocycles. The Hall–Kier alpha value is -1.58. The number of hydrogen-bond acceptors (Lipinski definition) is 3. The predicted molar refractivity (Wildman–Crippen MR) is 61.8 cm³/mol. The smallest absolute Gasteiger partial charge is 0.271 e. The number of anilines is 1. The fourth-order valence-electron chi connectivity index (χ4n) is 1.18. The quantitative estimate of drug-likeness (QED) is 0.826. The van der Waals surface area contributed by atoms with Crippen molar-refractivity contribution in [2.24, 2.45) is 5.14 Å². The Bertz CT molecular complexity index is 512. The second-order valence-electron chi connectivity index (χ2n) is 3.96. The van der Waals surface area contributed by atoms with Crippen LogP contribution in [0.5, 0.6) is 0 Å². The summed E-state index contributed by atoms with van der Waals surface area (Å²) in [5.41, 5.74) is 0.593. The molecule has 86 valence electrons. The third-order valence-electron chi connectivity index (χ3n) is 2.15. The van der Waals surface area contributed by atoms with Crippen LogP contribution in [-0.4, -0.2) is 8.42 Å². The second kappa shape index (κ2) is 4.12. The van der Waals surface area contributed by atoms with E-state index in [-0.39, 0.29) is 0 Å². The van der Waals surface area contributed by atoms with Crippen LogP contribution in [0.1, 0.15) is 19.4 Å². The number of benzene rings is 1. The molecule has 0 aliphatic rings. The van der Waals surface area contributed by atoms with Crippen LogP contribution in [0.25, 0.3) is 0 Å². The van der Waals surface area contributed by atoms with Gasteiger partial charge >= 0.3 is 0 Å². The number of nitrogens with zero attached hydrogens (tertiary/aromatic N) is 1. The third-order valence-corrected chi connectivity index (χ3v) is 2.67. The van der Waals surface area contributed by atoms with E-state index in [2.05, 4.69) is 10.8 Å². The molecule has 0 atom stereocenters. The van der Waals surface area contributed by atoms with Gasteiger partial charge in [-0.15, -0.1) is 0 Å². The minimum Gasteiger partial charge on any atom is -0.271 e. The minimum absolute atomic E-state index is 0.375. The van der Waals surface area contributed by atoms with Crippen molar-refractivity contribution in [1.82, 2.24) is 0 Å². The predicted octanol–water partition coefficient (Wildman–Crippen LogP) is 1.10. The molecule has 0 fully saturated rings. The highest BCUT2D eigenvalue weighted by Crippen LogP contribution is 2.23. The van der Waals surface area contributed by atoms with Crippen LogP contribution >= 0.6 is 0 Å². The molecule has 0 spiro atoms. The molecule has 0 aliphatic carbocycles. The molecule has 0 amide bonds. The molecule has 0 radical (unpaired) electrons. The van der Waals surface area contributed by atoms with E-state index >= 15 is 0 Å². The van der Waals surface area contributed by atoms with Gasteiger partial charge in [0.05, 0.1) is 11.5 Å². The van der Waals surface area contributed by atoms with Gasteiger partial charge in [-0.2, -0.15) is 13.7 Å². The summed E-state index contributed by atoms with van der Waals surface area (Å²) < 4.78 is 23.7. The molecule has 0 saturated carbocycles. The fourth-order valence-corrected chi connectivity index (χ4v) is 1.65. The zero-order valence-corrected chi connectivity index (χ0v) is 9.88. The zero-order valence-electron chi connectivity index (χ0n) is 9.06. The van der Waals surface area contributed by atoms with Crippen molar-refractivity contribution in [2.45, 2.75) is 19.3 Å². The molecule has 0 unspecified atom stereocenters. The van der Waals surface area contributed by atoms with Crippen LogP contribution in [0.3, 0.4) is 0 Å². The van der Waals surface area contributed by atoms with Crippen molar-refractivity contribution in [3.63, 3.8) is 0 Å². The summed E-state index contributed by atoms with van der Waals surface area (Å²) in [6.45, 7) is 3.57. The molecule has 0 aliphatic heterocycles. The molecule has 3 N–H and O–H groups in total. The summed E-state index contributed by atoms with van der Waals surface area (Å²) >= 11 is 0. The van der Waals surface area contributed by atoms with E-state index in [0.717, 1.165) is 5.56 Å². The maximum atomic E-state index is 10.8. The molecule has 5 nitrogen and oxygen atoms in total. The first-order valence-corrected chi connectivity index (χ1v) is 6.11. The van der Waals surface area contributed by atoms with E-state index in [0.29, 0.717) is 5.69 Å². The summed E-state index contributed by atoms with van der Waals surface area (Å²) in [5, 5.41) is 13.7. The first-order chi connectivity index (χ1) is 7.24. The lowest BCUT2D eigenvalue weighted by molar-refractivity contribution is 0.603. The number of nitrogens with one attached hydrogen (secondary N) is 1. The van der Waals surface area contributed by atoms with Crippen LogP contribution in [0.4, 0.5) is 5.69 Å². The van der Waals surface area contributed by atoms with Gasteiger partial charge < -0.3 is 0 Å². The molecule has 1 aromatic rings. The van der Waals surface area contributed by atoms with Crippen molar-refractivity contribution in [3.8, 4) is 6.07 Å². The third kappa shape index (κ3) is 3.22. The van der Waals surface area contributed by atoms with Crippen LogP contribution in [0.15, 0.2) is 24.3 Å². The Labute approximate surface area is 95.1 Å². The number of hydrogen-bond donors (Lipinski definition) is 2. The van der Waals surface area contributed by atoms with Gasteiger partial charge in [0.15, 0.2) is 0 Å². The van der Waals surface area contributed by atoms with Crippen molar-refractivity contribution >= 4 is 15.9 Å². The van der Waals surface area contributed by atoms with Gasteiger partial charge in [-0.25, -0.2) is 5.14 Å². The molecule has 1 rings (SSSR count). The Morgan fingerprint density at radius 3 is 2.19 bits per heavy atom. The number of nitrogens with two attached hydrogens (primary N) is 1. The molecule has 0 bridgehead atoms. The summed E-state index contributed by atoms with van der Waals surface area (Å²) in [4.78, 5) is 0. The summed E-state index contributed by atoms with van der Waals surface area (Å²) in [7, 11) is -3.75. The Balaban J connectivity index is 2.98. The summed E-state index contributed by atoms with van der Waals surface area (Å²) in [5.74, 6) is 0. The van der Waals surface area contributed by atoms with Crippen LogP contribution in [0.2, 0.25) is 0 Å². The Morgan fingerprint density at radius 2 is 1.81 bits per heavy atom. The molecular formula is C10H13N3O2S. The van der Waals surface area contributed by atoms with Gasteiger partial charge in [0.1, 0.15) is 0 Å².